The molecule has 4 nitrogen and oxygen atoms in total. The molecule has 0 fully saturated rings. The summed E-state index contributed by atoms with van der Waals surface area (Å²) >= 11 is 0. The van der Waals surface area contributed by atoms with Crippen molar-refractivity contribution >= 4 is 11.9 Å². The number of hydrogen-bond acceptors (Lipinski definition) is 4. The van der Waals surface area contributed by atoms with Gasteiger partial charge in [-0.1, -0.05) is 91.0 Å². The highest BCUT2D eigenvalue weighted by molar-refractivity contribution is 6.13. The molecular weight excluding hydrogens is 400 g/mol. The number of benzene rings is 4. The molecule has 4 aromatic carbocycles. The van der Waals surface area contributed by atoms with E-state index < -0.39 is 11.9 Å². The van der Waals surface area contributed by atoms with E-state index in [0.717, 1.165) is 27.8 Å². The van der Waals surface area contributed by atoms with Gasteiger partial charge in [0.2, 0.25) is 0 Å². The van der Waals surface area contributed by atoms with Crippen LogP contribution < -0.4 is 0 Å². The molecule has 4 heteroatoms. The van der Waals surface area contributed by atoms with Gasteiger partial charge < -0.3 is 9.47 Å². The lowest BCUT2D eigenvalue weighted by molar-refractivity contribution is 0.0556. The van der Waals surface area contributed by atoms with Gasteiger partial charge in [-0.05, 0) is 33.9 Å². The predicted molar refractivity (Wildman–Crippen MR) is 125 cm³/mol. The average Bonchev–Trinajstić information content (AvgIpc) is 2.88. The van der Waals surface area contributed by atoms with Gasteiger partial charge in [-0.25, -0.2) is 9.59 Å². The Morgan fingerprint density at radius 2 is 1.00 bits per heavy atom. The van der Waals surface area contributed by atoms with Crippen molar-refractivity contribution in [1.29, 1.82) is 0 Å². The molecule has 0 amide bonds. The van der Waals surface area contributed by atoms with Crippen LogP contribution in [0.4, 0.5) is 0 Å². The Hall–Kier alpha value is -4.18. The first-order valence-corrected chi connectivity index (χ1v) is 10.2. The van der Waals surface area contributed by atoms with E-state index in [2.05, 4.69) is 0 Å². The van der Waals surface area contributed by atoms with Crippen molar-refractivity contribution in [3.05, 3.63) is 108 Å². The fourth-order valence-electron chi connectivity index (χ4n) is 3.91. The zero-order valence-electron chi connectivity index (χ0n) is 17.9. The summed E-state index contributed by atoms with van der Waals surface area (Å²) in [6, 6.07) is 30.9. The Bertz CT molecular complexity index is 1250. The SMILES string of the molecule is COC(=O)c1cc(-c2ccccc2)c(-c2ccccc2)c(-c2ccccc2)c1C(=O)OC. The maximum atomic E-state index is 13.1. The summed E-state index contributed by atoms with van der Waals surface area (Å²) < 4.78 is 10.2. The van der Waals surface area contributed by atoms with E-state index in [1.807, 2.05) is 91.0 Å². The molecule has 0 saturated carbocycles. The first-order chi connectivity index (χ1) is 15.7. The van der Waals surface area contributed by atoms with Gasteiger partial charge in [0.05, 0.1) is 25.3 Å². The lowest BCUT2D eigenvalue weighted by Gasteiger charge is -2.21. The highest BCUT2D eigenvalue weighted by Gasteiger charge is 2.29. The molecule has 0 aromatic heterocycles. The van der Waals surface area contributed by atoms with Gasteiger partial charge in [-0.2, -0.15) is 0 Å². The monoisotopic (exact) mass is 422 g/mol. The third kappa shape index (κ3) is 3.91. The zero-order chi connectivity index (χ0) is 22.5. The second-order valence-electron chi connectivity index (χ2n) is 7.18. The second kappa shape index (κ2) is 9.31. The van der Waals surface area contributed by atoms with Crippen molar-refractivity contribution in [3.63, 3.8) is 0 Å². The maximum Gasteiger partial charge on any atom is 0.339 e. The third-order valence-electron chi connectivity index (χ3n) is 5.33. The van der Waals surface area contributed by atoms with E-state index in [1.54, 1.807) is 6.07 Å². The molecule has 4 aromatic rings. The Labute approximate surface area is 187 Å². The summed E-state index contributed by atoms with van der Waals surface area (Å²) in [7, 11) is 2.62. The number of hydrogen-bond donors (Lipinski definition) is 0. The molecule has 158 valence electrons. The Morgan fingerprint density at radius 1 is 0.562 bits per heavy atom. The van der Waals surface area contributed by atoms with Gasteiger partial charge in [0, 0.05) is 5.56 Å². The minimum Gasteiger partial charge on any atom is -0.465 e. The second-order valence-corrected chi connectivity index (χ2v) is 7.18. The number of carbonyl (C=O) groups is 2. The first kappa shape index (κ1) is 21.1. The molecule has 0 unspecified atom stereocenters. The number of ether oxygens (including phenoxy) is 2. The summed E-state index contributed by atoms with van der Waals surface area (Å²) in [5.74, 6) is -1.19. The normalized spacial score (nSPS) is 10.4. The molecule has 32 heavy (non-hydrogen) atoms. The van der Waals surface area contributed by atoms with Crippen LogP contribution in [0, 0.1) is 0 Å². The molecule has 0 radical (unpaired) electrons. The van der Waals surface area contributed by atoms with Crippen molar-refractivity contribution in [2.24, 2.45) is 0 Å². The Kier molecular flexibility index (Phi) is 6.13. The van der Waals surface area contributed by atoms with Gasteiger partial charge in [0.1, 0.15) is 0 Å². The molecule has 0 heterocycles. The summed E-state index contributed by atoms with van der Waals surface area (Å²) in [5.41, 5.74) is 5.29. The van der Waals surface area contributed by atoms with E-state index in [0.29, 0.717) is 5.56 Å². The van der Waals surface area contributed by atoms with E-state index in [1.165, 1.54) is 14.2 Å². The van der Waals surface area contributed by atoms with Crippen LogP contribution in [-0.4, -0.2) is 26.2 Å². The molecule has 0 saturated heterocycles. The van der Waals surface area contributed by atoms with Crippen molar-refractivity contribution in [1.82, 2.24) is 0 Å². The summed E-state index contributed by atoms with van der Waals surface area (Å²) in [6.07, 6.45) is 0. The summed E-state index contributed by atoms with van der Waals surface area (Å²) in [4.78, 5) is 25.9. The van der Waals surface area contributed by atoms with Crippen LogP contribution in [0.25, 0.3) is 33.4 Å². The number of methoxy groups -OCH3 is 2. The average molecular weight is 422 g/mol. The number of rotatable bonds is 5. The Morgan fingerprint density at radius 3 is 1.47 bits per heavy atom. The minimum absolute atomic E-state index is 0.164. The van der Waals surface area contributed by atoms with Crippen molar-refractivity contribution in [2.75, 3.05) is 14.2 Å². The molecule has 0 N–H and O–H groups in total. The van der Waals surface area contributed by atoms with Crippen molar-refractivity contribution < 1.29 is 19.1 Å². The molecule has 0 aliphatic carbocycles. The van der Waals surface area contributed by atoms with Crippen molar-refractivity contribution in [2.45, 2.75) is 0 Å². The van der Waals surface area contributed by atoms with Crippen LogP contribution in [0.2, 0.25) is 0 Å². The minimum atomic E-state index is -0.598. The molecular formula is C28H22O4. The number of carbonyl (C=O) groups excluding carboxylic acids is 2. The summed E-state index contributed by atoms with van der Waals surface area (Å²) in [5, 5.41) is 0. The molecule has 0 atom stereocenters. The lowest BCUT2D eigenvalue weighted by Crippen LogP contribution is -2.15. The van der Waals surface area contributed by atoms with E-state index in [9.17, 15) is 9.59 Å². The van der Waals surface area contributed by atoms with Crippen LogP contribution in [0.1, 0.15) is 20.7 Å². The van der Waals surface area contributed by atoms with Gasteiger partial charge in [0.25, 0.3) is 0 Å². The highest BCUT2D eigenvalue weighted by Crippen LogP contribution is 2.44. The van der Waals surface area contributed by atoms with Gasteiger partial charge in [-0.15, -0.1) is 0 Å². The molecule has 0 aliphatic heterocycles. The molecule has 0 aliphatic rings. The van der Waals surface area contributed by atoms with Crippen LogP contribution in [0.3, 0.4) is 0 Å². The van der Waals surface area contributed by atoms with E-state index in [-0.39, 0.29) is 11.1 Å². The topological polar surface area (TPSA) is 52.6 Å². The highest BCUT2D eigenvalue weighted by atomic mass is 16.5. The number of esters is 2. The molecule has 0 bridgehead atoms. The quantitative estimate of drug-likeness (QED) is 0.356. The maximum absolute atomic E-state index is 13.1. The Balaban J connectivity index is 2.24. The fourth-order valence-corrected chi connectivity index (χ4v) is 3.91. The standard InChI is InChI=1S/C28H22O4/c1-31-27(29)23-18-22(19-12-6-3-7-13-19)24(20-14-8-4-9-15-20)25(26(23)28(30)32-2)21-16-10-5-11-17-21/h3-18H,1-2H3. The fraction of sp³-hybridized carbons (Fsp3) is 0.0714. The van der Waals surface area contributed by atoms with E-state index in [4.69, 9.17) is 9.47 Å². The molecule has 0 spiro atoms. The van der Waals surface area contributed by atoms with Gasteiger partial charge >= 0.3 is 11.9 Å². The predicted octanol–water partition coefficient (Wildman–Crippen LogP) is 6.26. The van der Waals surface area contributed by atoms with Gasteiger partial charge in [0.15, 0.2) is 0 Å². The summed E-state index contributed by atoms with van der Waals surface area (Å²) in [6.45, 7) is 0. The molecule has 4 rings (SSSR count). The van der Waals surface area contributed by atoms with Gasteiger partial charge in [-0.3, -0.25) is 0 Å². The van der Waals surface area contributed by atoms with Crippen LogP contribution >= 0.6 is 0 Å². The van der Waals surface area contributed by atoms with E-state index >= 15 is 0 Å². The van der Waals surface area contributed by atoms with Crippen LogP contribution in [0.15, 0.2) is 97.1 Å². The van der Waals surface area contributed by atoms with Crippen LogP contribution in [-0.2, 0) is 9.47 Å². The largest absolute Gasteiger partial charge is 0.465 e. The first-order valence-electron chi connectivity index (χ1n) is 10.2. The van der Waals surface area contributed by atoms with Crippen molar-refractivity contribution in [3.8, 4) is 33.4 Å². The van der Waals surface area contributed by atoms with Crippen LogP contribution in [0.5, 0.6) is 0 Å². The third-order valence-corrected chi connectivity index (χ3v) is 5.33. The smallest absolute Gasteiger partial charge is 0.339 e. The zero-order valence-corrected chi connectivity index (χ0v) is 17.9. The lowest BCUT2D eigenvalue weighted by atomic mass is 9.82.